The molecular formula is C16H18N6O. The molecule has 23 heavy (non-hydrogen) atoms. The van der Waals surface area contributed by atoms with Gasteiger partial charge in [-0.25, -0.2) is 9.66 Å². The zero-order chi connectivity index (χ0) is 16.2. The molecule has 0 unspecified atom stereocenters. The smallest absolute Gasteiger partial charge is 0.221 e. The fourth-order valence-corrected chi connectivity index (χ4v) is 2.30. The molecule has 2 aromatic heterocycles. The number of nitrogen functional groups attached to an aromatic ring is 1. The average Bonchev–Trinajstić information content (AvgIpc) is 3.15. The quantitative estimate of drug-likeness (QED) is 0.730. The van der Waals surface area contributed by atoms with Gasteiger partial charge < -0.3 is 10.5 Å². The van der Waals surface area contributed by atoms with Crippen LogP contribution in [0.15, 0.2) is 48.0 Å². The third kappa shape index (κ3) is 3.39. The van der Waals surface area contributed by atoms with E-state index in [0.717, 1.165) is 22.6 Å². The number of anilines is 1. The first kappa shape index (κ1) is 14.8. The van der Waals surface area contributed by atoms with Crippen molar-refractivity contribution in [3.63, 3.8) is 0 Å². The number of ether oxygens (including phenoxy) is 1. The molecule has 0 aliphatic rings. The van der Waals surface area contributed by atoms with Crippen LogP contribution < -0.4 is 10.5 Å². The SMILES string of the molecule is COc1ccc(C=Nn2cc(C)nc2N)cc1Cn1cccn1. The summed E-state index contributed by atoms with van der Waals surface area (Å²) >= 11 is 0. The van der Waals surface area contributed by atoms with Crippen molar-refractivity contribution in [3.05, 3.63) is 59.7 Å². The summed E-state index contributed by atoms with van der Waals surface area (Å²) in [7, 11) is 1.66. The Hall–Kier alpha value is -3.09. The molecule has 0 fully saturated rings. The standard InChI is InChI=1S/C16H18N6O/c1-12-10-22(16(17)20-12)19-9-13-4-5-15(23-2)14(8-13)11-21-7-3-6-18-21/h3-10H,11H2,1-2H3,(H2,17,20). The van der Waals surface area contributed by atoms with Crippen molar-refractivity contribution in [2.75, 3.05) is 12.8 Å². The predicted octanol–water partition coefficient (Wildman–Crippen LogP) is 1.91. The summed E-state index contributed by atoms with van der Waals surface area (Å²) in [6.45, 7) is 2.50. The van der Waals surface area contributed by atoms with Crippen molar-refractivity contribution < 1.29 is 4.74 Å². The fraction of sp³-hybridized carbons (Fsp3) is 0.188. The van der Waals surface area contributed by atoms with Crippen LogP contribution in [0.2, 0.25) is 0 Å². The van der Waals surface area contributed by atoms with Gasteiger partial charge in [-0.05, 0) is 36.8 Å². The number of methoxy groups -OCH3 is 1. The molecule has 0 spiro atoms. The minimum Gasteiger partial charge on any atom is -0.496 e. The van der Waals surface area contributed by atoms with E-state index in [0.29, 0.717) is 12.5 Å². The summed E-state index contributed by atoms with van der Waals surface area (Å²) in [6, 6.07) is 7.77. The van der Waals surface area contributed by atoms with E-state index >= 15 is 0 Å². The molecule has 7 nitrogen and oxygen atoms in total. The lowest BCUT2D eigenvalue weighted by atomic mass is 10.1. The minimum atomic E-state index is 0.365. The van der Waals surface area contributed by atoms with Gasteiger partial charge in [0.2, 0.25) is 5.95 Å². The van der Waals surface area contributed by atoms with Crippen molar-refractivity contribution in [2.45, 2.75) is 13.5 Å². The van der Waals surface area contributed by atoms with Crippen LogP contribution in [-0.4, -0.2) is 32.8 Å². The first-order chi connectivity index (χ1) is 11.2. The number of imidazole rings is 1. The van der Waals surface area contributed by atoms with E-state index in [4.69, 9.17) is 10.5 Å². The maximum absolute atomic E-state index is 5.78. The van der Waals surface area contributed by atoms with Gasteiger partial charge in [0.25, 0.3) is 0 Å². The normalized spacial score (nSPS) is 11.2. The molecule has 3 aromatic rings. The monoisotopic (exact) mass is 310 g/mol. The van der Waals surface area contributed by atoms with Gasteiger partial charge in [-0.2, -0.15) is 10.2 Å². The van der Waals surface area contributed by atoms with Gasteiger partial charge in [0.05, 0.1) is 31.8 Å². The molecule has 7 heteroatoms. The Balaban J connectivity index is 1.86. The van der Waals surface area contributed by atoms with E-state index < -0.39 is 0 Å². The number of nitrogens with zero attached hydrogens (tertiary/aromatic N) is 5. The van der Waals surface area contributed by atoms with E-state index in [1.807, 2.05) is 42.1 Å². The highest BCUT2D eigenvalue weighted by Gasteiger charge is 2.05. The Labute approximate surface area is 134 Å². The molecule has 2 heterocycles. The van der Waals surface area contributed by atoms with Crippen LogP contribution in [0.5, 0.6) is 5.75 Å². The predicted molar refractivity (Wildman–Crippen MR) is 88.7 cm³/mol. The Morgan fingerprint density at radius 2 is 2.26 bits per heavy atom. The molecule has 0 amide bonds. The zero-order valence-corrected chi connectivity index (χ0v) is 13.0. The number of hydrogen-bond acceptors (Lipinski definition) is 5. The second-order valence-electron chi connectivity index (χ2n) is 5.10. The second-order valence-corrected chi connectivity index (χ2v) is 5.10. The topological polar surface area (TPSA) is 83.2 Å². The number of rotatable bonds is 5. The molecule has 0 bridgehead atoms. The number of benzene rings is 1. The highest BCUT2D eigenvalue weighted by molar-refractivity contribution is 5.80. The molecule has 3 rings (SSSR count). The number of nitrogens with two attached hydrogens (primary N) is 1. The molecule has 0 saturated carbocycles. The molecule has 0 aliphatic carbocycles. The van der Waals surface area contributed by atoms with Crippen LogP contribution in [0, 0.1) is 6.92 Å². The van der Waals surface area contributed by atoms with E-state index in [2.05, 4.69) is 15.2 Å². The summed E-state index contributed by atoms with van der Waals surface area (Å²) in [6.07, 6.45) is 7.18. The summed E-state index contributed by atoms with van der Waals surface area (Å²) in [5, 5.41) is 8.55. The van der Waals surface area contributed by atoms with Gasteiger partial charge in [-0.15, -0.1) is 0 Å². The van der Waals surface area contributed by atoms with Gasteiger partial charge in [0, 0.05) is 18.0 Å². The zero-order valence-electron chi connectivity index (χ0n) is 13.0. The Morgan fingerprint density at radius 1 is 1.39 bits per heavy atom. The Kier molecular flexibility index (Phi) is 4.09. The number of aryl methyl sites for hydroxylation is 1. The molecule has 118 valence electrons. The van der Waals surface area contributed by atoms with Crippen molar-refractivity contribution in [3.8, 4) is 5.75 Å². The number of hydrogen-bond donors (Lipinski definition) is 1. The lowest BCUT2D eigenvalue weighted by Gasteiger charge is -2.09. The van der Waals surface area contributed by atoms with Crippen molar-refractivity contribution in [1.29, 1.82) is 0 Å². The molecule has 0 atom stereocenters. The molecule has 0 saturated heterocycles. The van der Waals surface area contributed by atoms with Crippen molar-refractivity contribution in [2.24, 2.45) is 5.10 Å². The van der Waals surface area contributed by atoms with Gasteiger partial charge in [-0.3, -0.25) is 4.68 Å². The van der Waals surface area contributed by atoms with E-state index in [1.165, 1.54) is 0 Å². The molecular weight excluding hydrogens is 292 g/mol. The van der Waals surface area contributed by atoms with Crippen LogP contribution >= 0.6 is 0 Å². The first-order valence-corrected chi connectivity index (χ1v) is 7.16. The van der Waals surface area contributed by atoms with Gasteiger partial charge in [0.1, 0.15) is 5.75 Å². The molecule has 2 N–H and O–H groups in total. The summed E-state index contributed by atoms with van der Waals surface area (Å²) in [5.74, 6) is 1.18. The highest BCUT2D eigenvalue weighted by Crippen LogP contribution is 2.20. The van der Waals surface area contributed by atoms with E-state index in [9.17, 15) is 0 Å². The fourth-order valence-electron chi connectivity index (χ4n) is 2.30. The molecule has 0 aliphatic heterocycles. The first-order valence-electron chi connectivity index (χ1n) is 7.16. The summed E-state index contributed by atoms with van der Waals surface area (Å²) < 4.78 is 8.81. The number of aromatic nitrogens is 4. The third-order valence-corrected chi connectivity index (χ3v) is 3.36. The van der Waals surface area contributed by atoms with Crippen LogP contribution in [0.25, 0.3) is 0 Å². The van der Waals surface area contributed by atoms with Gasteiger partial charge >= 0.3 is 0 Å². The highest BCUT2D eigenvalue weighted by atomic mass is 16.5. The summed E-state index contributed by atoms with van der Waals surface area (Å²) in [4.78, 5) is 4.11. The van der Waals surface area contributed by atoms with Gasteiger partial charge in [-0.1, -0.05) is 0 Å². The Bertz CT molecular complexity index is 819. The Morgan fingerprint density at radius 3 is 2.91 bits per heavy atom. The molecule has 0 radical (unpaired) electrons. The van der Waals surface area contributed by atoms with Crippen LogP contribution in [0.4, 0.5) is 5.95 Å². The van der Waals surface area contributed by atoms with Crippen molar-refractivity contribution in [1.82, 2.24) is 19.4 Å². The maximum Gasteiger partial charge on any atom is 0.221 e. The summed E-state index contributed by atoms with van der Waals surface area (Å²) in [5.41, 5.74) is 8.57. The second kappa shape index (κ2) is 6.35. The average molecular weight is 310 g/mol. The van der Waals surface area contributed by atoms with Gasteiger partial charge in [0.15, 0.2) is 0 Å². The van der Waals surface area contributed by atoms with Crippen molar-refractivity contribution >= 4 is 12.2 Å². The van der Waals surface area contributed by atoms with Crippen LogP contribution in [-0.2, 0) is 6.54 Å². The minimum absolute atomic E-state index is 0.365. The van der Waals surface area contributed by atoms with Crippen LogP contribution in [0.3, 0.4) is 0 Å². The third-order valence-electron chi connectivity index (χ3n) is 3.36. The largest absolute Gasteiger partial charge is 0.496 e. The molecule has 1 aromatic carbocycles. The van der Waals surface area contributed by atoms with E-state index in [-0.39, 0.29) is 0 Å². The van der Waals surface area contributed by atoms with E-state index in [1.54, 1.807) is 30.4 Å². The maximum atomic E-state index is 5.78. The lowest BCUT2D eigenvalue weighted by molar-refractivity contribution is 0.407. The van der Waals surface area contributed by atoms with Crippen LogP contribution in [0.1, 0.15) is 16.8 Å². The lowest BCUT2D eigenvalue weighted by Crippen LogP contribution is -2.03.